The van der Waals surface area contributed by atoms with Crippen LogP contribution in [-0.4, -0.2) is 28.1 Å². The van der Waals surface area contributed by atoms with Crippen LogP contribution in [0, 0.1) is 5.92 Å². The van der Waals surface area contributed by atoms with Crippen LogP contribution in [0.15, 0.2) is 30.3 Å². The van der Waals surface area contributed by atoms with Gasteiger partial charge in [-0.25, -0.2) is 0 Å². The minimum Gasteiger partial charge on any atom is -0.481 e. The number of carbonyl (C=O) groups excluding carboxylic acids is 1. The summed E-state index contributed by atoms with van der Waals surface area (Å²) in [5.41, 5.74) is 0.873. The Morgan fingerprint density at radius 1 is 1.24 bits per heavy atom. The molecule has 0 amide bonds. The first-order valence-corrected chi connectivity index (χ1v) is 5.48. The van der Waals surface area contributed by atoms with Crippen LogP contribution in [0.5, 0.6) is 0 Å². The van der Waals surface area contributed by atoms with Crippen molar-refractivity contribution in [2.24, 2.45) is 5.92 Å². The maximum atomic E-state index is 11.3. The number of hydrogen-bond acceptors (Lipinski definition) is 3. The van der Waals surface area contributed by atoms with Crippen molar-refractivity contribution in [3.63, 3.8) is 0 Å². The van der Waals surface area contributed by atoms with E-state index in [2.05, 4.69) is 0 Å². The highest BCUT2D eigenvalue weighted by atomic mass is 16.4. The monoisotopic (exact) mass is 236 g/mol. The average Bonchev–Trinajstić information content (AvgIpc) is 2.29. The maximum Gasteiger partial charge on any atom is 0.307 e. The fourth-order valence-corrected chi connectivity index (χ4v) is 1.56. The van der Waals surface area contributed by atoms with Gasteiger partial charge in [0.15, 0.2) is 5.78 Å². The molecule has 0 aliphatic heterocycles. The third-order valence-corrected chi connectivity index (χ3v) is 2.59. The van der Waals surface area contributed by atoms with Crippen LogP contribution in [0.1, 0.15) is 18.9 Å². The van der Waals surface area contributed by atoms with E-state index in [1.165, 1.54) is 6.92 Å². The van der Waals surface area contributed by atoms with Crippen LogP contribution in [0.4, 0.5) is 0 Å². The molecule has 0 saturated heterocycles. The number of aliphatic hydroxyl groups is 1. The zero-order valence-corrected chi connectivity index (χ0v) is 9.67. The van der Waals surface area contributed by atoms with Crippen molar-refractivity contribution in [2.45, 2.75) is 25.9 Å². The number of carboxylic acid groups (broad SMARTS) is 1. The molecule has 2 atom stereocenters. The van der Waals surface area contributed by atoms with Crippen LogP contribution in [0.3, 0.4) is 0 Å². The number of carbonyl (C=O) groups is 2. The molecule has 17 heavy (non-hydrogen) atoms. The summed E-state index contributed by atoms with van der Waals surface area (Å²) in [6.07, 6.45) is -0.941. The van der Waals surface area contributed by atoms with Crippen molar-refractivity contribution in [1.29, 1.82) is 0 Å². The number of hydrogen-bond donors (Lipinski definition) is 2. The highest BCUT2D eigenvalue weighted by Crippen LogP contribution is 2.14. The van der Waals surface area contributed by atoms with Crippen molar-refractivity contribution in [1.82, 2.24) is 0 Å². The van der Waals surface area contributed by atoms with Crippen molar-refractivity contribution in [3.05, 3.63) is 35.9 Å². The second-order valence-corrected chi connectivity index (χ2v) is 4.07. The van der Waals surface area contributed by atoms with Crippen molar-refractivity contribution in [3.8, 4) is 0 Å². The first-order valence-electron chi connectivity index (χ1n) is 5.48. The molecular formula is C13H16O4. The van der Waals surface area contributed by atoms with E-state index in [0.29, 0.717) is 6.42 Å². The summed E-state index contributed by atoms with van der Waals surface area (Å²) in [4.78, 5) is 22.4. The van der Waals surface area contributed by atoms with E-state index in [0.717, 1.165) is 5.56 Å². The number of Topliss-reactive ketones (excluding diaryl/α,β-unsaturated/α-hetero) is 1. The Balaban J connectivity index is 2.68. The number of ketones is 1. The average molecular weight is 236 g/mol. The Morgan fingerprint density at radius 2 is 1.82 bits per heavy atom. The summed E-state index contributed by atoms with van der Waals surface area (Å²) in [5.74, 6) is -2.23. The van der Waals surface area contributed by atoms with Gasteiger partial charge in [-0.05, 0) is 18.9 Å². The summed E-state index contributed by atoms with van der Waals surface area (Å²) < 4.78 is 0. The molecule has 0 aromatic heterocycles. The molecule has 0 aliphatic rings. The van der Waals surface area contributed by atoms with Gasteiger partial charge in [-0.2, -0.15) is 0 Å². The third-order valence-electron chi connectivity index (χ3n) is 2.59. The van der Waals surface area contributed by atoms with Crippen LogP contribution in [-0.2, 0) is 16.0 Å². The lowest BCUT2D eigenvalue weighted by Crippen LogP contribution is -2.25. The molecule has 0 aliphatic carbocycles. The molecular weight excluding hydrogens is 220 g/mol. The summed E-state index contributed by atoms with van der Waals surface area (Å²) in [7, 11) is 0. The quantitative estimate of drug-likeness (QED) is 0.780. The largest absolute Gasteiger partial charge is 0.481 e. The van der Waals surface area contributed by atoms with Gasteiger partial charge in [-0.3, -0.25) is 9.59 Å². The number of aliphatic hydroxyl groups excluding tert-OH is 1. The molecule has 1 aromatic carbocycles. The minimum atomic E-state index is -1.10. The topological polar surface area (TPSA) is 74.6 Å². The number of aliphatic carboxylic acids is 1. The number of carboxylic acids is 1. The van der Waals surface area contributed by atoms with Gasteiger partial charge in [0.25, 0.3) is 0 Å². The van der Waals surface area contributed by atoms with E-state index in [-0.39, 0.29) is 6.42 Å². The first kappa shape index (κ1) is 13.4. The van der Waals surface area contributed by atoms with E-state index < -0.39 is 23.8 Å². The molecule has 0 radical (unpaired) electrons. The molecule has 0 bridgehead atoms. The summed E-state index contributed by atoms with van der Waals surface area (Å²) in [5, 5.41) is 18.1. The molecule has 0 saturated carbocycles. The van der Waals surface area contributed by atoms with Gasteiger partial charge in [0.2, 0.25) is 0 Å². The Morgan fingerprint density at radius 3 is 2.29 bits per heavy atom. The Bertz CT molecular complexity index is 384. The second-order valence-electron chi connectivity index (χ2n) is 4.07. The lowest BCUT2D eigenvalue weighted by Gasteiger charge is -2.12. The SMILES string of the molecule is CC(O)C(=O)CC(Cc1ccccc1)C(=O)O. The molecule has 2 N–H and O–H groups in total. The summed E-state index contributed by atoms with van der Waals surface area (Å²) >= 11 is 0. The van der Waals surface area contributed by atoms with Gasteiger partial charge in [0.1, 0.15) is 6.10 Å². The highest BCUT2D eigenvalue weighted by molar-refractivity contribution is 5.86. The summed E-state index contributed by atoms with van der Waals surface area (Å²) in [6.45, 7) is 1.35. The normalized spacial score (nSPS) is 14.0. The molecule has 4 nitrogen and oxygen atoms in total. The zero-order valence-electron chi connectivity index (χ0n) is 9.67. The number of benzene rings is 1. The highest BCUT2D eigenvalue weighted by Gasteiger charge is 2.23. The predicted octanol–water partition coefficient (Wildman–Crippen LogP) is 1.27. The van der Waals surface area contributed by atoms with E-state index >= 15 is 0 Å². The van der Waals surface area contributed by atoms with Gasteiger partial charge >= 0.3 is 5.97 Å². The molecule has 0 spiro atoms. The van der Waals surface area contributed by atoms with Crippen LogP contribution in [0.25, 0.3) is 0 Å². The van der Waals surface area contributed by atoms with Crippen LogP contribution < -0.4 is 0 Å². The zero-order chi connectivity index (χ0) is 12.8. The van der Waals surface area contributed by atoms with Gasteiger partial charge in [0, 0.05) is 6.42 Å². The minimum absolute atomic E-state index is 0.137. The molecule has 4 heteroatoms. The fraction of sp³-hybridized carbons (Fsp3) is 0.385. The molecule has 1 aromatic rings. The smallest absolute Gasteiger partial charge is 0.307 e. The molecule has 92 valence electrons. The molecule has 0 fully saturated rings. The lowest BCUT2D eigenvalue weighted by atomic mass is 9.93. The van der Waals surface area contributed by atoms with Crippen molar-refractivity contribution < 1.29 is 19.8 Å². The van der Waals surface area contributed by atoms with Gasteiger partial charge in [-0.1, -0.05) is 30.3 Å². The van der Waals surface area contributed by atoms with E-state index in [1.54, 1.807) is 0 Å². The summed E-state index contributed by atoms with van der Waals surface area (Å²) in [6, 6.07) is 9.14. The number of rotatable bonds is 6. The fourth-order valence-electron chi connectivity index (χ4n) is 1.56. The van der Waals surface area contributed by atoms with E-state index in [4.69, 9.17) is 10.2 Å². The Kier molecular flexibility index (Phi) is 4.84. The van der Waals surface area contributed by atoms with Gasteiger partial charge < -0.3 is 10.2 Å². The van der Waals surface area contributed by atoms with Crippen LogP contribution in [0.2, 0.25) is 0 Å². The van der Waals surface area contributed by atoms with E-state index in [9.17, 15) is 9.59 Å². The first-order chi connectivity index (χ1) is 8.00. The molecule has 2 unspecified atom stereocenters. The van der Waals surface area contributed by atoms with Crippen LogP contribution >= 0.6 is 0 Å². The second kappa shape index (κ2) is 6.15. The van der Waals surface area contributed by atoms with Gasteiger partial charge in [-0.15, -0.1) is 0 Å². The van der Waals surface area contributed by atoms with Crippen molar-refractivity contribution >= 4 is 11.8 Å². The Hall–Kier alpha value is -1.68. The van der Waals surface area contributed by atoms with Gasteiger partial charge in [0.05, 0.1) is 5.92 Å². The standard InChI is InChI=1S/C13H16O4/c1-9(14)12(15)8-11(13(16)17)7-10-5-3-2-4-6-10/h2-6,9,11,14H,7-8H2,1H3,(H,16,17). The Labute approximate surface area is 99.9 Å². The third kappa shape index (κ3) is 4.36. The predicted molar refractivity (Wildman–Crippen MR) is 62.6 cm³/mol. The molecule has 1 rings (SSSR count). The lowest BCUT2D eigenvalue weighted by molar-refractivity contribution is -0.144. The molecule has 0 heterocycles. The van der Waals surface area contributed by atoms with E-state index in [1.807, 2.05) is 30.3 Å². The van der Waals surface area contributed by atoms with Crippen molar-refractivity contribution in [2.75, 3.05) is 0 Å². The maximum absolute atomic E-state index is 11.3.